The molecule has 0 N–H and O–H groups in total. The van der Waals surface area contributed by atoms with Crippen LogP contribution in [0.4, 0.5) is 0 Å². The number of carbonyl (C=O) groups excluding carboxylic acids is 1. The number of esters is 1. The molecule has 1 rings (SSSR count). The molecule has 0 atom stereocenters. The van der Waals surface area contributed by atoms with Crippen LogP contribution < -0.4 is 4.74 Å². The molecule has 96 valence electrons. The Kier molecular flexibility index (Phi) is 5.65. The maximum Gasteiger partial charge on any atom is 0.349 e. The van der Waals surface area contributed by atoms with Gasteiger partial charge in [-0.15, -0.1) is 0 Å². The van der Waals surface area contributed by atoms with E-state index in [2.05, 4.69) is 4.74 Å². The first kappa shape index (κ1) is 14.3. The van der Waals surface area contributed by atoms with Gasteiger partial charge in [-0.3, -0.25) is 0 Å². The van der Waals surface area contributed by atoms with Crippen LogP contribution in [0.15, 0.2) is 29.8 Å². The van der Waals surface area contributed by atoms with Gasteiger partial charge in [-0.1, -0.05) is 12.1 Å². The molecule has 0 aliphatic carbocycles. The predicted molar refractivity (Wildman–Crippen MR) is 67.8 cm³/mol. The number of carbonyl (C=O) groups is 1. The molecular weight excluding hydrogens is 244 g/mol. The minimum absolute atomic E-state index is 0.153. The topological polar surface area (TPSA) is 83.1 Å². The second kappa shape index (κ2) is 7.52. The summed E-state index contributed by atoms with van der Waals surface area (Å²) in [5.74, 6) is -0.0943. The van der Waals surface area contributed by atoms with E-state index in [1.807, 2.05) is 6.92 Å². The third-order valence-corrected chi connectivity index (χ3v) is 2.11. The summed E-state index contributed by atoms with van der Waals surface area (Å²) in [6.07, 6.45) is 1.40. The van der Waals surface area contributed by atoms with Gasteiger partial charge in [0.05, 0.1) is 6.61 Å². The lowest BCUT2D eigenvalue weighted by molar-refractivity contribution is -0.137. The van der Waals surface area contributed by atoms with Crippen molar-refractivity contribution in [1.29, 1.82) is 10.5 Å². The lowest BCUT2D eigenvalue weighted by atomic mass is 10.1. The van der Waals surface area contributed by atoms with Crippen molar-refractivity contribution in [2.75, 3.05) is 13.2 Å². The first-order chi connectivity index (χ1) is 9.21. The molecule has 19 heavy (non-hydrogen) atoms. The Morgan fingerprint density at radius 1 is 1.32 bits per heavy atom. The molecule has 0 aromatic heterocycles. The van der Waals surface area contributed by atoms with Crippen molar-refractivity contribution < 1.29 is 14.3 Å². The number of rotatable bonds is 5. The lowest BCUT2D eigenvalue weighted by Crippen LogP contribution is -2.06. The zero-order chi connectivity index (χ0) is 14.1. The van der Waals surface area contributed by atoms with Crippen molar-refractivity contribution in [1.82, 2.24) is 0 Å². The average Bonchev–Trinajstić information content (AvgIpc) is 2.44. The zero-order valence-electron chi connectivity index (χ0n) is 10.4. The first-order valence-electron chi connectivity index (χ1n) is 5.60. The van der Waals surface area contributed by atoms with Crippen LogP contribution in [-0.2, 0) is 9.53 Å². The summed E-state index contributed by atoms with van der Waals surface area (Å²) in [7, 11) is 0. The fraction of sp³-hybridized carbons (Fsp3) is 0.214. The summed E-state index contributed by atoms with van der Waals surface area (Å²) in [5.41, 5.74) is 0.522. The van der Waals surface area contributed by atoms with Crippen LogP contribution in [0.3, 0.4) is 0 Å². The van der Waals surface area contributed by atoms with Gasteiger partial charge in [0.25, 0.3) is 0 Å². The van der Waals surface area contributed by atoms with Gasteiger partial charge >= 0.3 is 5.97 Å². The number of hydrogen-bond donors (Lipinski definition) is 0. The van der Waals surface area contributed by atoms with Crippen LogP contribution in [0.5, 0.6) is 5.75 Å². The van der Waals surface area contributed by atoms with Gasteiger partial charge < -0.3 is 9.47 Å². The van der Waals surface area contributed by atoms with Gasteiger partial charge in [-0.05, 0) is 30.7 Å². The molecule has 0 unspecified atom stereocenters. The Hall–Kier alpha value is -2.79. The number of hydrogen-bond acceptors (Lipinski definition) is 5. The fourth-order valence-corrected chi connectivity index (χ4v) is 1.31. The lowest BCUT2D eigenvalue weighted by Gasteiger charge is -2.03. The fourth-order valence-electron chi connectivity index (χ4n) is 1.31. The standard InChI is InChI=1S/C14H12N2O3/c1-2-18-13-5-3-11(4-6-13)9-12(10-16)14(17)19-8-7-15/h3-6,9H,2,8H2,1H3/b12-9+. The minimum Gasteiger partial charge on any atom is -0.494 e. The molecule has 0 saturated heterocycles. The molecular formula is C14H12N2O3. The Balaban J connectivity index is 2.84. The largest absolute Gasteiger partial charge is 0.494 e. The Morgan fingerprint density at radius 3 is 2.53 bits per heavy atom. The number of benzene rings is 1. The van der Waals surface area contributed by atoms with E-state index in [9.17, 15) is 4.79 Å². The molecule has 0 aliphatic rings. The van der Waals surface area contributed by atoms with Gasteiger partial charge in [-0.25, -0.2) is 4.79 Å². The van der Waals surface area contributed by atoms with Gasteiger partial charge in [0.15, 0.2) is 6.61 Å². The number of nitrogens with zero attached hydrogens (tertiary/aromatic N) is 2. The van der Waals surface area contributed by atoms with Crippen molar-refractivity contribution in [3.63, 3.8) is 0 Å². The van der Waals surface area contributed by atoms with Crippen LogP contribution in [-0.4, -0.2) is 19.2 Å². The summed E-state index contributed by atoms with van der Waals surface area (Å²) >= 11 is 0. The van der Waals surface area contributed by atoms with Crippen molar-refractivity contribution in [3.05, 3.63) is 35.4 Å². The highest BCUT2D eigenvalue weighted by molar-refractivity contribution is 5.97. The number of ether oxygens (including phenoxy) is 2. The molecule has 0 fully saturated rings. The van der Waals surface area contributed by atoms with Crippen LogP contribution >= 0.6 is 0 Å². The second-order valence-corrected chi connectivity index (χ2v) is 3.41. The van der Waals surface area contributed by atoms with E-state index in [1.165, 1.54) is 6.08 Å². The highest BCUT2D eigenvalue weighted by Crippen LogP contribution is 2.14. The van der Waals surface area contributed by atoms with Crippen molar-refractivity contribution >= 4 is 12.0 Å². The molecule has 5 nitrogen and oxygen atoms in total. The summed E-state index contributed by atoms with van der Waals surface area (Å²) in [6.45, 7) is 2.08. The maximum absolute atomic E-state index is 11.4. The van der Waals surface area contributed by atoms with Gasteiger partial charge in [0.1, 0.15) is 23.5 Å². The van der Waals surface area contributed by atoms with Gasteiger partial charge in [-0.2, -0.15) is 10.5 Å². The first-order valence-corrected chi connectivity index (χ1v) is 5.60. The normalized spacial score (nSPS) is 10.2. The molecule has 1 aromatic carbocycles. The Bertz CT molecular complexity index is 548. The average molecular weight is 256 g/mol. The molecule has 5 heteroatoms. The van der Waals surface area contributed by atoms with Crippen molar-refractivity contribution in [2.45, 2.75) is 6.92 Å². The van der Waals surface area contributed by atoms with Crippen molar-refractivity contribution in [3.8, 4) is 17.9 Å². The van der Waals surface area contributed by atoms with E-state index in [0.717, 1.165) is 0 Å². The minimum atomic E-state index is -0.807. The zero-order valence-corrected chi connectivity index (χ0v) is 10.4. The molecule has 0 aliphatic heterocycles. The SMILES string of the molecule is CCOc1ccc(/C=C(\C#N)C(=O)OCC#N)cc1. The second-order valence-electron chi connectivity index (χ2n) is 3.41. The van der Waals surface area contributed by atoms with E-state index in [-0.39, 0.29) is 12.2 Å². The molecule has 1 aromatic rings. The monoisotopic (exact) mass is 256 g/mol. The summed E-state index contributed by atoms with van der Waals surface area (Å²) in [6, 6.07) is 10.3. The smallest absolute Gasteiger partial charge is 0.349 e. The molecule has 0 spiro atoms. The summed E-state index contributed by atoms with van der Waals surface area (Å²) in [5, 5.41) is 17.2. The van der Waals surface area contributed by atoms with E-state index in [1.54, 1.807) is 36.4 Å². The molecule has 0 bridgehead atoms. The molecule has 0 heterocycles. The Labute approximate surface area is 111 Å². The summed E-state index contributed by atoms with van der Waals surface area (Å²) < 4.78 is 9.84. The van der Waals surface area contributed by atoms with E-state index >= 15 is 0 Å². The van der Waals surface area contributed by atoms with Crippen molar-refractivity contribution in [2.24, 2.45) is 0 Å². The highest BCUT2D eigenvalue weighted by Gasteiger charge is 2.10. The van der Waals surface area contributed by atoms with E-state index in [0.29, 0.717) is 17.9 Å². The molecule has 0 radical (unpaired) electrons. The maximum atomic E-state index is 11.4. The molecule has 0 saturated carbocycles. The van der Waals surface area contributed by atoms with Crippen LogP contribution in [0.1, 0.15) is 12.5 Å². The van der Waals surface area contributed by atoms with Gasteiger partial charge in [0.2, 0.25) is 0 Å². The van der Waals surface area contributed by atoms with E-state index < -0.39 is 5.97 Å². The number of nitriles is 2. The van der Waals surface area contributed by atoms with Crippen LogP contribution in [0, 0.1) is 22.7 Å². The Morgan fingerprint density at radius 2 is 2.00 bits per heavy atom. The summed E-state index contributed by atoms with van der Waals surface area (Å²) in [4.78, 5) is 11.4. The predicted octanol–water partition coefficient (Wildman–Crippen LogP) is 2.06. The van der Waals surface area contributed by atoms with Gasteiger partial charge in [0, 0.05) is 0 Å². The molecule has 0 amide bonds. The van der Waals surface area contributed by atoms with E-state index in [4.69, 9.17) is 15.3 Å². The quantitative estimate of drug-likeness (QED) is 0.457. The third-order valence-electron chi connectivity index (χ3n) is 2.11. The third kappa shape index (κ3) is 4.53. The van der Waals surface area contributed by atoms with Crippen LogP contribution in [0.2, 0.25) is 0 Å². The van der Waals surface area contributed by atoms with Crippen LogP contribution in [0.25, 0.3) is 6.08 Å². The highest BCUT2D eigenvalue weighted by atomic mass is 16.5.